The number of aromatic nitrogens is 4. The number of carbonyl (C=O) groups excluding carboxylic acids is 4. The number of nitrogens with zero attached hydrogens (tertiary/aromatic N) is 3. The normalized spacial score (nSPS) is 13.7. The van der Waals surface area contributed by atoms with Crippen molar-refractivity contribution in [3.63, 3.8) is 0 Å². The Kier molecular flexibility index (Phi) is 9.64. The first-order valence-electron chi connectivity index (χ1n) is 14.5. The Hall–Kier alpha value is -5.14. The molecule has 0 unspecified atom stereocenters. The van der Waals surface area contributed by atoms with Crippen molar-refractivity contribution in [2.75, 3.05) is 25.1 Å². The molecule has 0 radical (unpaired) electrons. The first-order valence-corrected chi connectivity index (χ1v) is 14.5. The third-order valence-electron chi connectivity index (χ3n) is 6.02. The third kappa shape index (κ3) is 8.49. The molecule has 0 fully saturated rings. The highest BCUT2D eigenvalue weighted by Crippen LogP contribution is 2.37. The number of hydrogen-bond donors (Lipinski definition) is 3. The second-order valence-electron chi connectivity index (χ2n) is 12.1. The van der Waals surface area contributed by atoms with Crippen LogP contribution in [0.15, 0.2) is 30.7 Å². The monoisotopic (exact) mass is 622 g/mol. The SMILES string of the molecule is CCOC(=O)c1cc[nH]c1/C=C1\C(=O)Nc2ncc(-c3cn(C(=O)OC(C)(C)C)nc3OCCCNC(=O)OC(C)(C)C)cc21. The molecular formula is C31H38N6O8. The predicted molar refractivity (Wildman–Crippen MR) is 165 cm³/mol. The topological polar surface area (TPSA) is 176 Å². The molecule has 14 nitrogen and oxygen atoms in total. The molecule has 0 saturated carbocycles. The van der Waals surface area contributed by atoms with Gasteiger partial charge in [0.1, 0.15) is 17.0 Å². The summed E-state index contributed by atoms with van der Waals surface area (Å²) in [5, 5.41) is 9.71. The Morgan fingerprint density at radius 3 is 2.49 bits per heavy atom. The molecule has 3 aromatic rings. The van der Waals surface area contributed by atoms with Crippen molar-refractivity contribution in [2.45, 2.75) is 66.1 Å². The quantitative estimate of drug-likeness (QED) is 0.127. The number of esters is 1. The number of carbonyl (C=O) groups is 4. The third-order valence-corrected chi connectivity index (χ3v) is 6.02. The van der Waals surface area contributed by atoms with Crippen molar-refractivity contribution in [2.24, 2.45) is 0 Å². The van der Waals surface area contributed by atoms with Gasteiger partial charge in [-0.1, -0.05) is 0 Å². The van der Waals surface area contributed by atoms with Crippen molar-refractivity contribution < 1.29 is 38.1 Å². The Labute approximate surface area is 260 Å². The molecule has 2 amide bonds. The standard InChI is InChI=1S/C31H38N6O8/c1-8-42-27(39)19-10-12-32-23(19)15-21-20-14-18(16-34-24(20)35-25(21)38)22-17-37(29(41)45-31(5,6)7)36-26(22)43-13-9-11-33-28(40)44-30(2,3)4/h10,12,14-17,32H,8-9,11,13H2,1-7H3,(H,33,40)(H,34,35,38)/b21-15-. The van der Waals surface area contributed by atoms with Gasteiger partial charge in [0, 0.05) is 36.3 Å². The molecule has 0 spiro atoms. The van der Waals surface area contributed by atoms with E-state index in [1.807, 2.05) is 0 Å². The second kappa shape index (κ2) is 13.2. The van der Waals surface area contributed by atoms with Crippen LogP contribution >= 0.6 is 0 Å². The van der Waals surface area contributed by atoms with Crippen molar-refractivity contribution in [3.05, 3.63) is 47.5 Å². The molecule has 0 atom stereocenters. The van der Waals surface area contributed by atoms with Gasteiger partial charge < -0.3 is 34.6 Å². The molecule has 0 aliphatic carbocycles. The minimum Gasteiger partial charge on any atom is -0.476 e. The summed E-state index contributed by atoms with van der Waals surface area (Å²) >= 11 is 0. The highest BCUT2D eigenvalue weighted by molar-refractivity contribution is 6.34. The molecular weight excluding hydrogens is 584 g/mol. The van der Waals surface area contributed by atoms with E-state index in [0.717, 1.165) is 4.68 Å². The number of pyridine rings is 1. The van der Waals surface area contributed by atoms with E-state index in [4.69, 9.17) is 18.9 Å². The largest absolute Gasteiger partial charge is 0.476 e. The summed E-state index contributed by atoms with van der Waals surface area (Å²) in [6, 6.07) is 3.29. The van der Waals surface area contributed by atoms with Gasteiger partial charge in [0.15, 0.2) is 0 Å². The van der Waals surface area contributed by atoms with Crippen LogP contribution in [0.2, 0.25) is 0 Å². The first-order chi connectivity index (χ1) is 21.1. The number of H-pyrrole nitrogens is 1. The van der Waals surface area contributed by atoms with Crippen molar-refractivity contribution in [1.29, 1.82) is 0 Å². The smallest absolute Gasteiger partial charge is 0.435 e. The molecule has 45 heavy (non-hydrogen) atoms. The van der Waals surface area contributed by atoms with Crippen LogP contribution in [0.1, 0.15) is 76.5 Å². The fourth-order valence-corrected chi connectivity index (χ4v) is 4.20. The zero-order valence-corrected chi connectivity index (χ0v) is 26.4. The average molecular weight is 623 g/mol. The van der Waals surface area contributed by atoms with Gasteiger partial charge in [-0.3, -0.25) is 4.79 Å². The molecule has 3 N–H and O–H groups in total. The summed E-state index contributed by atoms with van der Waals surface area (Å²) in [5.74, 6) is -0.475. The van der Waals surface area contributed by atoms with Crippen molar-refractivity contribution in [3.8, 4) is 17.0 Å². The van der Waals surface area contributed by atoms with Gasteiger partial charge in [0.25, 0.3) is 5.91 Å². The van der Waals surface area contributed by atoms with Crippen LogP contribution in [0, 0.1) is 0 Å². The van der Waals surface area contributed by atoms with E-state index in [0.29, 0.717) is 34.6 Å². The minimum atomic E-state index is -0.765. The summed E-state index contributed by atoms with van der Waals surface area (Å²) in [7, 11) is 0. The molecule has 240 valence electrons. The summed E-state index contributed by atoms with van der Waals surface area (Å²) in [5.41, 5.74) is 0.963. The minimum absolute atomic E-state index is 0.122. The molecule has 1 aliphatic rings. The summed E-state index contributed by atoms with van der Waals surface area (Å²) in [4.78, 5) is 57.5. The van der Waals surface area contributed by atoms with Crippen LogP contribution in [-0.2, 0) is 19.0 Å². The van der Waals surface area contributed by atoms with E-state index >= 15 is 0 Å². The van der Waals surface area contributed by atoms with Gasteiger partial charge in [0.05, 0.1) is 35.6 Å². The zero-order valence-electron chi connectivity index (χ0n) is 26.4. The van der Waals surface area contributed by atoms with Gasteiger partial charge in [0.2, 0.25) is 5.88 Å². The van der Waals surface area contributed by atoms with Gasteiger partial charge in [-0.2, -0.15) is 4.68 Å². The lowest BCUT2D eigenvalue weighted by atomic mass is 10.0. The predicted octanol–water partition coefficient (Wildman–Crippen LogP) is 5.02. The molecule has 0 bridgehead atoms. The van der Waals surface area contributed by atoms with Gasteiger partial charge in [-0.05, 0) is 73.1 Å². The van der Waals surface area contributed by atoms with Gasteiger partial charge in [-0.15, -0.1) is 5.10 Å². The van der Waals surface area contributed by atoms with E-state index < -0.39 is 35.3 Å². The Morgan fingerprint density at radius 2 is 1.80 bits per heavy atom. The summed E-state index contributed by atoms with van der Waals surface area (Å²) in [6.45, 7) is 12.9. The number of amides is 2. The summed E-state index contributed by atoms with van der Waals surface area (Å²) in [6.07, 6.45) is 5.29. The lowest BCUT2D eigenvalue weighted by Crippen LogP contribution is -2.33. The molecule has 3 aromatic heterocycles. The number of anilines is 1. The van der Waals surface area contributed by atoms with E-state index in [9.17, 15) is 19.2 Å². The summed E-state index contributed by atoms with van der Waals surface area (Å²) < 4.78 is 22.8. The lowest BCUT2D eigenvalue weighted by molar-refractivity contribution is -0.110. The second-order valence-corrected chi connectivity index (χ2v) is 12.1. The van der Waals surface area contributed by atoms with E-state index in [-0.39, 0.29) is 36.8 Å². The number of fused-ring (bicyclic) bond motifs is 1. The zero-order chi connectivity index (χ0) is 32.9. The first kappa shape index (κ1) is 32.8. The molecule has 0 aromatic carbocycles. The van der Waals surface area contributed by atoms with Crippen LogP contribution in [0.3, 0.4) is 0 Å². The molecule has 1 aliphatic heterocycles. The maximum atomic E-state index is 12.9. The number of rotatable bonds is 9. The van der Waals surface area contributed by atoms with Crippen LogP contribution in [0.5, 0.6) is 5.88 Å². The maximum absolute atomic E-state index is 12.9. The molecule has 4 rings (SSSR count). The number of ether oxygens (including phenoxy) is 4. The number of hydrogen-bond acceptors (Lipinski definition) is 10. The molecule has 4 heterocycles. The Bertz CT molecular complexity index is 1620. The fourth-order valence-electron chi connectivity index (χ4n) is 4.20. The number of nitrogens with one attached hydrogen (secondary N) is 3. The molecule has 14 heteroatoms. The van der Waals surface area contributed by atoms with Crippen LogP contribution in [-0.4, -0.2) is 74.8 Å². The Morgan fingerprint density at radius 1 is 1.07 bits per heavy atom. The van der Waals surface area contributed by atoms with Crippen LogP contribution in [0.25, 0.3) is 22.8 Å². The highest BCUT2D eigenvalue weighted by atomic mass is 16.6. The van der Waals surface area contributed by atoms with E-state index in [1.165, 1.54) is 12.4 Å². The lowest BCUT2D eigenvalue weighted by Gasteiger charge is -2.19. The number of alkyl carbamates (subject to hydrolysis) is 1. The van der Waals surface area contributed by atoms with Crippen LogP contribution in [0.4, 0.5) is 15.4 Å². The van der Waals surface area contributed by atoms with Crippen molar-refractivity contribution in [1.82, 2.24) is 25.1 Å². The fraction of sp³-hybridized carbons (Fsp3) is 0.419. The highest BCUT2D eigenvalue weighted by Gasteiger charge is 2.29. The van der Waals surface area contributed by atoms with Gasteiger partial charge in [-0.25, -0.2) is 19.4 Å². The van der Waals surface area contributed by atoms with E-state index in [1.54, 1.807) is 72.9 Å². The number of aromatic amines is 1. The average Bonchev–Trinajstić information content (AvgIpc) is 3.64. The molecule has 0 saturated heterocycles. The van der Waals surface area contributed by atoms with Crippen molar-refractivity contribution >= 4 is 41.5 Å². The van der Waals surface area contributed by atoms with Gasteiger partial charge >= 0.3 is 18.2 Å². The maximum Gasteiger partial charge on any atom is 0.435 e. The van der Waals surface area contributed by atoms with Crippen LogP contribution < -0.4 is 15.4 Å². The van der Waals surface area contributed by atoms with E-state index in [2.05, 4.69) is 25.7 Å². The Balaban J connectivity index is 1.61.